The summed E-state index contributed by atoms with van der Waals surface area (Å²) in [6.45, 7) is 0. The van der Waals surface area contributed by atoms with Crippen LogP contribution in [0, 0.1) is 17.5 Å². The minimum absolute atomic E-state index is 0.0416. The van der Waals surface area contributed by atoms with Gasteiger partial charge in [0.1, 0.15) is 11.6 Å². The first-order valence-corrected chi connectivity index (χ1v) is 7.23. The van der Waals surface area contributed by atoms with Gasteiger partial charge in [-0.2, -0.15) is 0 Å². The zero-order chi connectivity index (χ0) is 18.4. The molecule has 0 aliphatic carbocycles. The van der Waals surface area contributed by atoms with Crippen molar-refractivity contribution in [3.63, 3.8) is 0 Å². The van der Waals surface area contributed by atoms with Crippen molar-refractivity contribution in [3.8, 4) is 5.75 Å². The van der Waals surface area contributed by atoms with E-state index in [1.54, 1.807) is 0 Å². The molecule has 0 aromatic heterocycles. The van der Waals surface area contributed by atoms with E-state index >= 15 is 0 Å². The van der Waals surface area contributed by atoms with E-state index in [0.29, 0.717) is 6.07 Å². The maximum absolute atomic E-state index is 14.2. The molecule has 0 saturated carbocycles. The number of nitrogens with two attached hydrogens (primary N) is 1. The zero-order valence-corrected chi connectivity index (χ0v) is 13.4. The standard InChI is InChI=1S/C17H14F3N3O2/c1-23-15(24)17(22-16(23)21,10-5-11(18)8-12(19)6-10)9-3-4-14(25-2)13(20)7-9/h3-8H,1-2H3,(H2,21,22). The van der Waals surface area contributed by atoms with E-state index < -0.39 is 28.9 Å². The number of benzene rings is 2. The van der Waals surface area contributed by atoms with Crippen molar-refractivity contribution in [3.05, 3.63) is 65.0 Å². The van der Waals surface area contributed by atoms with E-state index in [2.05, 4.69) is 4.99 Å². The van der Waals surface area contributed by atoms with Gasteiger partial charge in [0.25, 0.3) is 5.91 Å². The van der Waals surface area contributed by atoms with Crippen LogP contribution in [0.2, 0.25) is 0 Å². The number of carbonyl (C=O) groups is 1. The van der Waals surface area contributed by atoms with E-state index in [1.807, 2.05) is 0 Å². The SMILES string of the molecule is COc1ccc(C2(c3cc(F)cc(F)c3)N=C(N)N(C)C2=O)cc1F. The lowest BCUT2D eigenvalue weighted by atomic mass is 9.82. The molecule has 2 aromatic carbocycles. The molecule has 0 bridgehead atoms. The maximum atomic E-state index is 14.2. The monoisotopic (exact) mass is 349 g/mol. The fourth-order valence-electron chi connectivity index (χ4n) is 2.84. The van der Waals surface area contributed by atoms with Gasteiger partial charge in [-0.15, -0.1) is 0 Å². The molecule has 0 saturated heterocycles. The number of carbonyl (C=O) groups excluding carboxylic acids is 1. The van der Waals surface area contributed by atoms with Gasteiger partial charge in [0.05, 0.1) is 7.11 Å². The van der Waals surface area contributed by atoms with Gasteiger partial charge in [0.15, 0.2) is 23.1 Å². The van der Waals surface area contributed by atoms with Gasteiger partial charge in [0.2, 0.25) is 0 Å². The average Bonchev–Trinajstić information content (AvgIpc) is 2.79. The highest BCUT2D eigenvalue weighted by molar-refractivity contribution is 6.08. The second-order valence-corrected chi connectivity index (χ2v) is 5.55. The van der Waals surface area contributed by atoms with E-state index in [-0.39, 0.29) is 22.8 Å². The van der Waals surface area contributed by atoms with Crippen molar-refractivity contribution in [2.24, 2.45) is 10.7 Å². The number of nitrogens with zero attached hydrogens (tertiary/aromatic N) is 2. The van der Waals surface area contributed by atoms with Crippen molar-refractivity contribution >= 4 is 11.9 Å². The number of amides is 1. The summed E-state index contributed by atoms with van der Waals surface area (Å²) < 4.78 is 46.5. The van der Waals surface area contributed by atoms with Crippen molar-refractivity contribution in [1.29, 1.82) is 0 Å². The Morgan fingerprint density at radius 1 is 1.08 bits per heavy atom. The van der Waals surface area contributed by atoms with Crippen LogP contribution in [-0.4, -0.2) is 30.9 Å². The Hall–Kier alpha value is -3.03. The molecule has 0 radical (unpaired) electrons. The lowest BCUT2D eigenvalue weighted by molar-refractivity contribution is -0.129. The second kappa shape index (κ2) is 5.80. The van der Waals surface area contributed by atoms with Crippen LogP contribution < -0.4 is 10.5 Å². The molecular weight excluding hydrogens is 335 g/mol. The Morgan fingerprint density at radius 3 is 2.20 bits per heavy atom. The van der Waals surface area contributed by atoms with Crippen molar-refractivity contribution in [1.82, 2.24) is 4.90 Å². The van der Waals surface area contributed by atoms with Crippen molar-refractivity contribution in [2.75, 3.05) is 14.2 Å². The first-order valence-electron chi connectivity index (χ1n) is 7.23. The predicted molar refractivity (Wildman–Crippen MR) is 84.5 cm³/mol. The lowest BCUT2D eigenvalue weighted by Crippen LogP contribution is -2.41. The number of ether oxygens (including phenoxy) is 1. The number of aliphatic imine (C=N–C) groups is 1. The van der Waals surface area contributed by atoms with Crippen LogP contribution in [0.15, 0.2) is 41.4 Å². The number of halogens is 3. The zero-order valence-electron chi connectivity index (χ0n) is 13.4. The summed E-state index contributed by atoms with van der Waals surface area (Å²) >= 11 is 0. The largest absolute Gasteiger partial charge is 0.494 e. The van der Waals surface area contributed by atoms with E-state index in [4.69, 9.17) is 10.5 Å². The molecule has 5 nitrogen and oxygen atoms in total. The van der Waals surface area contributed by atoms with Gasteiger partial charge in [-0.05, 0) is 35.4 Å². The molecule has 0 spiro atoms. The molecular formula is C17H14F3N3O2. The Morgan fingerprint density at radius 2 is 1.72 bits per heavy atom. The van der Waals surface area contributed by atoms with Crippen LogP contribution in [0.3, 0.4) is 0 Å². The van der Waals surface area contributed by atoms with Crippen LogP contribution in [0.4, 0.5) is 13.2 Å². The molecule has 130 valence electrons. The summed E-state index contributed by atoms with van der Waals surface area (Å²) in [6.07, 6.45) is 0. The molecule has 3 rings (SSSR count). The summed E-state index contributed by atoms with van der Waals surface area (Å²) in [6, 6.07) is 6.35. The molecule has 2 aromatic rings. The number of likely N-dealkylation sites (N-methyl/N-ethyl adjacent to an activating group) is 1. The van der Waals surface area contributed by atoms with Crippen LogP contribution in [0.5, 0.6) is 5.75 Å². The molecule has 1 unspecified atom stereocenters. The maximum Gasteiger partial charge on any atom is 0.266 e. The molecule has 1 aliphatic rings. The molecule has 1 amide bonds. The molecule has 1 heterocycles. The third kappa shape index (κ3) is 2.50. The highest BCUT2D eigenvalue weighted by atomic mass is 19.1. The van der Waals surface area contributed by atoms with Crippen molar-refractivity contribution in [2.45, 2.75) is 5.54 Å². The molecule has 8 heteroatoms. The summed E-state index contributed by atoms with van der Waals surface area (Å²) in [4.78, 5) is 18.0. The molecule has 1 atom stereocenters. The number of methoxy groups -OCH3 is 1. The van der Waals surface area contributed by atoms with Gasteiger partial charge >= 0.3 is 0 Å². The van der Waals surface area contributed by atoms with E-state index in [0.717, 1.165) is 23.1 Å². The predicted octanol–water partition coefficient (Wildman–Crippen LogP) is 2.14. The third-order valence-corrected chi connectivity index (χ3v) is 4.09. The van der Waals surface area contributed by atoms with Gasteiger partial charge < -0.3 is 10.5 Å². The van der Waals surface area contributed by atoms with Crippen LogP contribution in [0.1, 0.15) is 11.1 Å². The molecule has 25 heavy (non-hydrogen) atoms. The number of rotatable bonds is 3. The lowest BCUT2D eigenvalue weighted by Gasteiger charge is -2.26. The molecule has 2 N–H and O–H groups in total. The summed E-state index contributed by atoms with van der Waals surface area (Å²) in [5.41, 5.74) is 3.84. The van der Waals surface area contributed by atoms with Crippen LogP contribution in [0.25, 0.3) is 0 Å². The normalized spacial score (nSPS) is 20.0. The minimum Gasteiger partial charge on any atom is -0.494 e. The first kappa shape index (κ1) is 16.8. The third-order valence-electron chi connectivity index (χ3n) is 4.09. The van der Waals surface area contributed by atoms with Crippen molar-refractivity contribution < 1.29 is 22.7 Å². The quantitative estimate of drug-likeness (QED) is 0.923. The number of hydrogen-bond donors (Lipinski definition) is 1. The fourth-order valence-corrected chi connectivity index (χ4v) is 2.84. The Bertz CT molecular complexity index is 880. The molecule has 0 fully saturated rings. The topological polar surface area (TPSA) is 67.9 Å². The van der Waals surface area contributed by atoms with Gasteiger partial charge in [-0.3, -0.25) is 9.69 Å². The summed E-state index contributed by atoms with van der Waals surface area (Å²) in [7, 11) is 2.67. The second-order valence-electron chi connectivity index (χ2n) is 5.55. The highest BCUT2D eigenvalue weighted by Crippen LogP contribution is 2.40. The Balaban J connectivity index is 2.31. The van der Waals surface area contributed by atoms with Gasteiger partial charge in [-0.1, -0.05) is 6.07 Å². The minimum atomic E-state index is -1.88. The van der Waals surface area contributed by atoms with Crippen LogP contribution in [-0.2, 0) is 10.3 Å². The highest BCUT2D eigenvalue weighted by Gasteiger charge is 2.50. The average molecular weight is 349 g/mol. The smallest absolute Gasteiger partial charge is 0.266 e. The summed E-state index contributed by atoms with van der Waals surface area (Å²) in [5, 5.41) is 0. The molecule has 1 aliphatic heterocycles. The van der Waals surface area contributed by atoms with Crippen LogP contribution >= 0.6 is 0 Å². The summed E-state index contributed by atoms with van der Waals surface area (Å²) in [5.74, 6) is -3.36. The van der Waals surface area contributed by atoms with E-state index in [9.17, 15) is 18.0 Å². The van der Waals surface area contributed by atoms with Gasteiger partial charge in [-0.25, -0.2) is 18.2 Å². The number of guanidine groups is 1. The first-order chi connectivity index (χ1) is 11.8. The van der Waals surface area contributed by atoms with E-state index in [1.165, 1.54) is 26.3 Å². The van der Waals surface area contributed by atoms with Gasteiger partial charge in [0, 0.05) is 13.1 Å². The Labute approximate surface area is 141 Å². The Kier molecular flexibility index (Phi) is 3.90. The fraction of sp³-hybridized carbons (Fsp3) is 0.176. The number of hydrogen-bond acceptors (Lipinski definition) is 4.